The summed E-state index contributed by atoms with van der Waals surface area (Å²) in [5, 5.41) is 10.8. The lowest BCUT2D eigenvalue weighted by Crippen LogP contribution is -3.26. The molecular formula is C13H26NO3+. The Morgan fingerprint density at radius 1 is 1.29 bits per heavy atom. The van der Waals surface area contributed by atoms with Crippen molar-refractivity contribution < 1.29 is 19.8 Å². The molecule has 4 heteroatoms. The molecule has 17 heavy (non-hydrogen) atoms. The lowest BCUT2D eigenvalue weighted by atomic mass is 9.80. The van der Waals surface area contributed by atoms with E-state index in [1.165, 1.54) is 0 Å². The zero-order valence-corrected chi connectivity index (χ0v) is 11.8. The van der Waals surface area contributed by atoms with Crippen LogP contribution in [0.1, 0.15) is 54.4 Å². The van der Waals surface area contributed by atoms with Gasteiger partial charge in [-0.05, 0) is 41.5 Å². The van der Waals surface area contributed by atoms with Crippen LogP contribution in [-0.2, 0) is 9.63 Å². The second-order valence-corrected chi connectivity index (χ2v) is 6.53. The number of nitrogens with one attached hydrogen (secondary N) is 1. The maximum Gasteiger partial charge on any atom is 0.171 e. The SMILES string of the molecule is CC(=O)C(C)O[NH+]1C(C)(C)CC(O)CC1(C)C. The highest BCUT2D eigenvalue weighted by Gasteiger charge is 2.51. The first-order chi connectivity index (χ1) is 7.56. The van der Waals surface area contributed by atoms with E-state index in [1.807, 2.05) is 0 Å². The van der Waals surface area contributed by atoms with Crippen molar-refractivity contribution in [1.29, 1.82) is 0 Å². The van der Waals surface area contributed by atoms with E-state index in [-0.39, 0.29) is 23.0 Å². The Kier molecular flexibility index (Phi) is 4.01. The molecule has 1 aliphatic heterocycles. The van der Waals surface area contributed by atoms with E-state index in [9.17, 15) is 9.90 Å². The molecule has 100 valence electrons. The molecular weight excluding hydrogens is 218 g/mol. The highest BCUT2D eigenvalue weighted by Crippen LogP contribution is 2.24. The number of carbonyl (C=O) groups excluding carboxylic acids is 1. The number of hydroxylamine groups is 2. The predicted octanol–water partition coefficient (Wildman–Crippen LogP) is 0.492. The van der Waals surface area contributed by atoms with Gasteiger partial charge in [0.25, 0.3) is 0 Å². The highest BCUT2D eigenvalue weighted by atomic mass is 16.7. The summed E-state index contributed by atoms with van der Waals surface area (Å²) >= 11 is 0. The van der Waals surface area contributed by atoms with Crippen molar-refractivity contribution in [3.8, 4) is 0 Å². The highest BCUT2D eigenvalue weighted by molar-refractivity contribution is 5.79. The molecule has 1 unspecified atom stereocenters. The van der Waals surface area contributed by atoms with Crippen LogP contribution in [0.4, 0.5) is 0 Å². The summed E-state index contributed by atoms with van der Waals surface area (Å²) in [6, 6.07) is 0. The molecule has 0 amide bonds. The molecule has 1 rings (SSSR count). The van der Waals surface area contributed by atoms with E-state index in [1.54, 1.807) is 13.8 Å². The third-order valence-corrected chi connectivity index (χ3v) is 3.59. The van der Waals surface area contributed by atoms with E-state index in [2.05, 4.69) is 27.7 Å². The summed E-state index contributed by atoms with van der Waals surface area (Å²) < 4.78 is 0. The van der Waals surface area contributed by atoms with Crippen molar-refractivity contribution in [1.82, 2.24) is 0 Å². The van der Waals surface area contributed by atoms with Crippen molar-refractivity contribution >= 4 is 5.78 Å². The van der Waals surface area contributed by atoms with Crippen LogP contribution in [0.25, 0.3) is 0 Å². The molecule has 0 aliphatic carbocycles. The second kappa shape index (κ2) is 4.67. The Morgan fingerprint density at radius 2 is 1.71 bits per heavy atom. The monoisotopic (exact) mass is 244 g/mol. The summed E-state index contributed by atoms with van der Waals surface area (Å²) in [6.45, 7) is 11.6. The standard InChI is InChI=1S/C13H25NO3/c1-9(15)10(2)17-14-12(3,4)7-11(16)8-13(14,5)6/h10-11,16H,7-8H2,1-6H3/p+1. The number of Topliss-reactive ketones (excluding diaryl/α,β-unsaturated/α-hetero) is 1. The average molecular weight is 244 g/mol. The maximum atomic E-state index is 11.3. The predicted molar refractivity (Wildman–Crippen MR) is 65.6 cm³/mol. The summed E-state index contributed by atoms with van der Waals surface area (Å²) in [4.78, 5) is 17.2. The van der Waals surface area contributed by atoms with Crippen LogP contribution in [0.2, 0.25) is 0 Å². The largest absolute Gasteiger partial charge is 0.393 e. The van der Waals surface area contributed by atoms with E-state index >= 15 is 0 Å². The van der Waals surface area contributed by atoms with Gasteiger partial charge < -0.3 is 5.11 Å². The molecule has 0 saturated carbocycles. The Morgan fingerprint density at radius 3 is 2.06 bits per heavy atom. The summed E-state index contributed by atoms with van der Waals surface area (Å²) in [5.74, 6) is 0.0372. The van der Waals surface area contributed by atoms with Gasteiger partial charge in [-0.2, -0.15) is 9.90 Å². The summed E-state index contributed by atoms with van der Waals surface area (Å²) in [6.07, 6.45) is 0.686. The first-order valence-corrected chi connectivity index (χ1v) is 6.29. The van der Waals surface area contributed by atoms with Gasteiger partial charge in [0, 0.05) is 12.8 Å². The van der Waals surface area contributed by atoms with E-state index in [4.69, 9.17) is 4.84 Å². The molecule has 1 atom stereocenters. The number of hydrogen-bond acceptors (Lipinski definition) is 3. The molecule has 1 aliphatic rings. The lowest BCUT2D eigenvalue weighted by Gasteiger charge is -2.48. The van der Waals surface area contributed by atoms with Crippen molar-refractivity contribution in [2.75, 3.05) is 0 Å². The quantitative estimate of drug-likeness (QED) is 0.760. The van der Waals surface area contributed by atoms with Gasteiger partial charge in [0.15, 0.2) is 11.9 Å². The molecule has 0 aromatic heterocycles. The Balaban J connectivity index is 2.89. The van der Waals surface area contributed by atoms with Gasteiger partial charge in [-0.15, -0.1) is 0 Å². The van der Waals surface area contributed by atoms with E-state index < -0.39 is 6.10 Å². The van der Waals surface area contributed by atoms with Crippen LogP contribution in [0.3, 0.4) is 0 Å². The zero-order chi connectivity index (χ0) is 13.4. The van der Waals surface area contributed by atoms with Gasteiger partial charge in [-0.3, -0.25) is 4.79 Å². The topological polar surface area (TPSA) is 51.0 Å². The smallest absolute Gasteiger partial charge is 0.171 e. The first-order valence-electron chi connectivity index (χ1n) is 6.29. The first kappa shape index (κ1) is 14.6. The number of aliphatic hydroxyl groups excluding tert-OH is 1. The molecule has 0 aromatic carbocycles. The van der Waals surface area contributed by atoms with Crippen LogP contribution in [0.5, 0.6) is 0 Å². The minimum atomic E-state index is -0.404. The lowest BCUT2D eigenvalue weighted by molar-refractivity contribution is -1.17. The molecule has 0 spiro atoms. The molecule has 1 fully saturated rings. The minimum Gasteiger partial charge on any atom is -0.393 e. The normalized spacial score (nSPS) is 33.1. The Labute approximate surface area is 104 Å². The number of rotatable bonds is 3. The average Bonchev–Trinajstić information content (AvgIpc) is 2.08. The minimum absolute atomic E-state index is 0.0372. The molecule has 1 heterocycles. The van der Waals surface area contributed by atoms with Gasteiger partial charge in [-0.25, -0.2) is 0 Å². The third-order valence-electron chi connectivity index (χ3n) is 3.59. The molecule has 2 N–H and O–H groups in total. The molecule has 1 saturated heterocycles. The fraction of sp³-hybridized carbons (Fsp3) is 0.923. The molecule has 0 radical (unpaired) electrons. The number of hydrogen-bond donors (Lipinski definition) is 2. The Hall–Kier alpha value is -0.450. The van der Waals surface area contributed by atoms with Crippen LogP contribution < -0.4 is 5.06 Å². The maximum absolute atomic E-state index is 11.3. The zero-order valence-electron chi connectivity index (χ0n) is 11.8. The molecule has 0 aromatic rings. The second-order valence-electron chi connectivity index (χ2n) is 6.53. The third kappa shape index (κ3) is 3.27. The fourth-order valence-electron chi connectivity index (χ4n) is 2.93. The number of quaternary nitrogens is 1. The number of ketones is 1. The molecule has 4 nitrogen and oxygen atoms in total. The summed E-state index contributed by atoms with van der Waals surface area (Å²) in [5.41, 5.74) is -0.379. The number of piperidine rings is 1. The summed E-state index contributed by atoms with van der Waals surface area (Å²) in [7, 11) is 0. The van der Waals surface area contributed by atoms with Crippen molar-refractivity contribution in [3.05, 3.63) is 0 Å². The van der Waals surface area contributed by atoms with Gasteiger partial charge in [0.1, 0.15) is 11.1 Å². The van der Waals surface area contributed by atoms with E-state index in [0.717, 1.165) is 5.06 Å². The van der Waals surface area contributed by atoms with Crippen LogP contribution >= 0.6 is 0 Å². The van der Waals surface area contributed by atoms with Crippen molar-refractivity contribution in [2.24, 2.45) is 0 Å². The fourth-order valence-corrected chi connectivity index (χ4v) is 2.93. The van der Waals surface area contributed by atoms with Crippen molar-refractivity contribution in [2.45, 2.75) is 77.7 Å². The van der Waals surface area contributed by atoms with E-state index in [0.29, 0.717) is 12.8 Å². The number of carbonyl (C=O) groups is 1. The Bertz CT molecular complexity index is 281. The van der Waals surface area contributed by atoms with Gasteiger partial charge in [-0.1, -0.05) is 0 Å². The number of aliphatic hydroxyl groups is 1. The van der Waals surface area contributed by atoms with Crippen LogP contribution in [-0.4, -0.2) is 34.2 Å². The molecule has 0 bridgehead atoms. The van der Waals surface area contributed by atoms with Gasteiger partial charge in [0.2, 0.25) is 0 Å². The van der Waals surface area contributed by atoms with Crippen LogP contribution in [0, 0.1) is 0 Å². The van der Waals surface area contributed by atoms with Gasteiger partial charge >= 0.3 is 0 Å². The van der Waals surface area contributed by atoms with Crippen molar-refractivity contribution in [3.63, 3.8) is 0 Å². The van der Waals surface area contributed by atoms with Gasteiger partial charge in [0.05, 0.1) is 6.10 Å². The van der Waals surface area contributed by atoms with Crippen LogP contribution in [0.15, 0.2) is 0 Å².